The molecular formula is C16H13N3O5. The summed E-state index contributed by atoms with van der Waals surface area (Å²) in [7, 11) is 1.58. The molecular weight excluding hydrogens is 314 g/mol. The van der Waals surface area contributed by atoms with Gasteiger partial charge in [0, 0.05) is 11.6 Å². The Morgan fingerprint density at radius 2 is 1.92 bits per heavy atom. The molecule has 0 aliphatic heterocycles. The Morgan fingerprint density at radius 3 is 2.62 bits per heavy atom. The van der Waals surface area contributed by atoms with Gasteiger partial charge in [-0.2, -0.15) is 4.98 Å². The van der Waals surface area contributed by atoms with E-state index in [9.17, 15) is 10.1 Å². The number of para-hydroxylation sites is 2. The van der Waals surface area contributed by atoms with Crippen LogP contribution in [0.1, 0.15) is 5.89 Å². The summed E-state index contributed by atoms with van der Waals surface area (Å²) in [6, 6.07) is 13.3. The van der Waals surface area contributed by atoms with Crippen molar-refractivity contribution in [3.63, 3.8) is 0 Å². The first-order chi connectivity index (χ1) is 11.7. The zero-order valence-electron chi connectivity index (χ0n) is 12.7. The second-order valence-corrected chi connectivity index (χ2v) is 4.75. The standard InChI is InChI=1S/C16H13N3O5/c1-22-12-8-6-11(7-9-12)16-17-15(24-18-16)10-23-14-5-3-2-4-13(14)19(20)21/h2-9H,10H2,1H3. The molecule has 0 atom stereocenters. The molecule has 1 aromatic heterocycles. The molecule has 0 fully saturated rings. The first-order valence-electron chi connectivity index (χ1n) is 7.00. The molecule has 8 nitrogen and oxygen atoms in total. The highest BCUT2D eigenvalue weighted by molar-refractivity contribution is 5.55. The average molecular weight is 327 g/mol. The normalized spacial score (nSPS) is 10.4. The number of methoxy groups -OCH3 is 1. The van der Waals surface area contributed by atoms with Gasteiger partial charge in [-0.1, -0.05) is 17.3 Å². The minimum atomic E-state index is -0.508. The van der Waals surface area contributed by atoms with Crippen LogP contribution in [0.2, 0.25) is 0 Å². The molecule has 0 N–H and O–H groups in total. The molecule has 3 aromatic rings. The van der Waals surface area contributed by atoms with Crippen LogP contribution in [-0.4, -0.2) is 22.2 Å². The van der Waals surface area contributed by atoms with Crippen molar-refractivity contribution in [3.05, 3.63) is 64.5 Å². The largest absolute Gasteiger partial charge is 0.497 e. The van der Waals surface area contributed by atoms with Gasteiger partial charge in [0.05, 0.1) is 12.0 Å². The Bertz CT molecular complexity index is 845. The lowest BCUT2D eigenvalue weighted by molar-refractivity contribution is -0.386. The first kappa shape index (κ1) is 15.5. The zero-order valence-corrected chi connectivity index (χ0v) is 12.7. The number of rotatable bonds is 6. The van der Waals surface area contributed by atoms with E-state index in [0.717, 1.165) is 11.3 Å². The van der Waals surface area contributed by atoms with Crippen molar-refractivity contribution >= 4 is 5.69 Å². The molecule has 0 aliphatic rings. The Kier molecular flexibility index (Phi) is 4.37. The van der Waals surface area contributed by atoms with Gasteiger partial charge in [0.15, 0.2) is 12.4 Å². The lowest BCUT2D eigenvalue weighted by atomic mass is 10.2. The summed E-state index contributed by atoms with van der Waals surface area (Å²) >= 11 is 0. The lowest BCUT2D eigenvalue weighted by Crippen LogP contribution is -1.99. The number of hydrogen-bond donors (Lipinski definition) is 0. The van der Waals surface area contributed by atoms with E-state index in [-0.39, 0.29) is 23.9 Å². The van der Waals surface area contributed by atoms with Gasteiger partial charge in [-0.3, -0.25) is 10.1 Å². The summed E-state index contributed by atoms with van der Waals surface area (Å²) in [5.74, 6) is 1.49. The van der Waals surface area contributed by atoms with Gasteiger partial charge >= 0.3 is 5.69 Å². The Morgan fingerprint density at radius 1 is 1.17 bits per heavy atom. The summed E-state index contributed by atoms with van der Waals surface area (Å²) in [6.07, 6.45) is 0. The third-order valence-electron chi connectivity index (χ3n) is 3.23. The van der Waals surface area contributed by atoms with Gasteiger partial charge in [0.1, 0.15) is 5.75 Å². The molecule has 24 heavy (non-hydrogen) atoms. The van der Waals surface area contributed by atoms with Crippen molar-refractivity contribution in [1.29, 1.82) is 0 Å². The van der Waals surface area contributed by atoms with E-state index in [4.69, 9.17) is 14.0 Å². The van der Waals surface area contributed by atoms with Crippen molar-refractivity contribution in [1.82, 2.24) is 10.1 Å². The number of aromatic nitrogens is 2. The van der Waals surface area contributed by atoms with Crippen molar-refractivity contribution in [2.24, 2.45) is 0 Å². The summed E-state index contributed by atoms with van der Waals surface area (Å²) in [5, 5.41) is 14.8. The van der Waals surface area contributed by atoms with E-state index in [2.05, 4.69) is 10.1 Å². The van der Waals surface area contributed by atoms with Crippen molar-refractivity contribution in [2.75, 3.05) is 7.11 Å². The summed E-state index contributed by atoms with van der Waals surface area (Å²) < 4.78 is 15.6. The fourth-order valence-electron chi connectivity index (χ4n) is 2.04. The van der Waals surface area contributed by atoms with Crippen LogP contribution in [0.25, 0.3) is 11.4 Å². The molecule has 0 saturated heterocycles. The van der Waals surface area contributed by atoms with Crippen LogP contribution in [0.3, 0.4) is 0 Å². The van der Waals surface area contributed by atoms with Crippen LogP contribution in [-0.2, 0) is 6.61 Å². The van der Waals surface area contributed by atoms with Crippen LogP contribution in [0.15, 0.2) is 53.1 Å². The number of hydrogen-bond acceptors (Lipinski definition) is 7. The maximum atomic E-state index is 10.9. The zero-order chi connectivity index (χ0) is 16.9. The number of benzene rings is 2. The van der Waals surface area contributed by atoms with Gasteiger partial charge in [0.2, 0.25) is 5.82 Å². The third kappa shape index (κ3) is 3.32. The van der Waals surface area contributed by atoms with E-state index in [1.807, 2.05) is 0 Å². The molecule has 8 heteroatoms. The van der Waals surface area contributed by atoms with Gasteiger partial charge < -0.3 is 14.0 Å². The maximum Gasteiger partial charge on any atom is 0.310 e. The van der Waals surface area contributed by atoms with E-state index in [0.29, 0.717) is 5.82 Å². The molecule has 122 valence electrons. The number of nitro benzene ring substituents is 1. The minimum absolute atomic E-state index is 0.0615. The highest BCUT2D eigenvalue weighted by Gasteiger charge is 2.15. The summed E-state index contributed by atoms with van der Waals surface area (Å²) in [4.78, 5) is 14.6. The number of nitrogens with zero attached hydrogens (tertiary/aromatic N) is 3. The predicted octanol–water partition coefficient (Wildman–Crippen LogP) is 3.23. The van der Waals surface area contributed by atoms with Crippen molar-refractivity contribution in [3.8, 4) is 22.9 Å². The highest BCUT2D eigenvalue weighted by Crippen LogP contribution is 2.27. The SMILES string of the molecule is COc1ccc(-c2noc(COc3ccccc3[N+](=O)[O-])n2)cc1. The number of ether oxygens (including phenoxy) is 2. The number of nitro groups is 1. The van der Waals surface area contributed by atoms with E-state index < -0.39 is 4.92 Å². The molecule has 0 amide bonds. The molecule has 0 saturated carbocycles. The third-order valence-corrected chi connectivity index (χ3v) is 3.23. The van der Waals surface area contributed by atoms with Gasteiger partial charge in [-0.15, -0.1) is 0 Å². The Labute approximate surface area is 136 Å². The quantitative estimate of drug-likeness (QED) is 0.506. The summed E-state index contributed by atoms with van der Waals surface area (Å²) in [6.45, 7) is -0.0615. The highest BCUT2D eigenvalue weighted by atomic mass is 16.6. The molecule has 0 bridgehead atoms. The van der Waals surface area contributed by atoms with Crippen LogP contribution in [0, 0.1) is 10.1 Å². The van der Waals surface area contributed by atoms with Crippen molar-refractivity contribution in [2.45, 2.75) is 6.61 Å². The Balaban J connectivity index is 1.71. The first-order valence-corrected chi connectivity index (χ1v) is 7.00. The fraction of sp³-hybridized carbons (Fsp3) is 0.125. The van der Waals surface area contributed by atoms with Gasteiger partial charge in [-0.25, -0.2) is 0 Å². The van der Waals surface area contributed by atoms with E-state index in [1.54, 1.807) is 43.5 Å². The van der Waals surface area contributed by atoms with Crippen LogP contribution in [0.5, 0.6) is 11.5 Å². The predicted molar refractivity (Wildman–Crippen MR) is 83.7 cm³/mol. The molecule has 2 aromatic carbocycles. The maximum absolute atomic E-state index is 10.9. The van der Waals surface area contributed by atoms with Crippen LogP contribution >= 0.6 is 0 Å². The molecule has 0 spiro atoms. The molecule has 3 rings (SSSR count). The smallest absolute Gasteiger partial charge is 0.310 e. The molecule has 0 radical (unpaired) electrons. The van der Waals surface area contributed by atoms with Crippen LogP contribution < -0.4 is 9.47 Å². The minimum Gasteiger partial charge on any atom is -0.497 e. The van der Waals surface area contributed by atoms with Gasteiger partial charge in [-0.05, 0) is 30.3 Å². The van der Waals surface area contributed by atoms with Crippen molar-refractivity contribution < 1.29 is 18.9 Å². The van der Waals surface area contributed by atoms with E-state index >= 15 is 0 Å². The van der Waals surface area contributed by atoms with Crippen LogP contribution in [0.4, 0.5) is 5.69 Å². The molecule has 0 unspecified atom stereocenters. The van der Waals surface area contributed by atoms with E-state index in [1.165, 1.54) is 12.1 Å². The lowest BCUT2D eigenvalue weighted by Gasteiger charge is -2.03. The topological polar surface area (TPSA) is 101 Å². The molecule has 0 aliphatic carbocycles. The average Bonchev–Trinajstić information content (AvgIpc) is 3.09. The monoisotopic (exact) mass is 327 g/mol. The second kappa shape index (κ2) is 6.78. The molecule has 1 heterocycles. The Hall–Kier alpha value is -3.42. The summed E-state index contributed by atoms with van der Waals surface area (Å²) in [5.41, 5.74) is 0.642. The fourth-order valence-corrected chi connectivity index (χ4v) is 2.04. The van der Waals surface area contributed by atoms with Gasteiger partial charge in [0.25, 0.3) is 5.89 Å². The second-order valence-electron chi connectivity index (χ2n) is 4.75.